The van der Waals surface area contributed by atoms with Gasteiger partial charge < -0.3 is 4.57 Å². The van der Waals surface area contributed by atoms with Crippen LogP contribution in [0.5, 0.6) is 0 Å². The van der Waals surface area contributed by atoms with Crippen molar-refractivity contribution < 1.29 is 0 Å². The van der Waals surface area contributed by atoms with Gasteiger partial charge in [0.05, 0.1) is 0 Å². The van der Waals surface area contributed by atoms with Gasteiger partial charge in [0, 0.05) is 28.9 Å². The Labute approximate surface area is 108 Å². The van der Waals surface area contributed by atoms with Crippen LogP contribution in [0.25, 0.3) is 21.8 Å². The standard InChI is InChI=1S/C17H19N/c1-10-6-12(3)16-14(8-10)18(5)15-9-11(2)7-13(4)17(15)16/h6-9H,1-5H3. The Morgan fingerprint density at radius 3 is 1.44 bits per heavy atom. The van der Waals surface area contributed by atoms with E-state index in [2.05, 4.69) is 63.6 Å². The van der Waals surface area contributed by atoms with E-state index in [4.69, 9.17) is 0 Å². The molecule has 3 rings (SSSR count). The lowest BCUT2D eigenvalue weighted by Gasteiger charge is -2.02. The topological polar surface area (TPSA) is 4.93 Å². The molecule has 0 spiro atoms. The number of aromatic nitrogens is 1. The molecular formula is C17H19N. The predicted molar refractivity (Wildman–Crippen MR) is 79.4 cm³/mol. The first-order valence-electron chi connectivity index (χ1n) is 6.45. The van der Waals surface area contributed by atoms with Crippen molar-refractivity contribution >= 4 is 21.8 Å². The van der Waals surface area contributed by atoms with E-state index in [0.29, 0.717) is 0 Å². The molecule has 0 aliphatic heterocycles. The first-order valence-corrected chi connectivity index (χ1v) is 6.45. The maximum absolute atomic E-state index is 2.32. The molecule has 0 saturated carbocycles. The molecule has 0 amide bonds. The van der Waals surface area contributed by atoms with Crippen molar-refractivity contribution in [2.75, 3.05) is 0 Å². The lowest BCUT2D eigenvalue weighted by molar-refractivity contribution is 1.01. The molecule has 0 atom stereocenters. The lowest BCUT2D eigenvalue weighted by atomic mass is 10.0. The van der Waals surface area contributed by atoms with Crippen molar-refractivity contribution in [3.05, 3.63) is 46.5 Å². The van der Waals surface area contributed by atoms with Crippen LogP contribution in [0.2, 0.25) is 0 Å². The molecule has 2 aromatic carbocycles. The van der Waals surface area contributed by atoms with E-state index in [1.54, 1.807) is 0 Å². The van der Waals surface area contributed by atoms with Gasteiger partial charge in [0.1, 0.15) is 0 Å². The van der Waals surface area contributed by atoms with Gasteiger partial charge in [-0.05, 0) is 62.1 Å². The third-order valence-electron chi connectivity index (χ3n) is 3.89. The SMILES string of the molecule is Cc1cc(C)c2c3c(C)cc(C)cc3n(C)c2c1. The van der Waals surface area contributed by atoms with E-state index in [9.17, 15) is 0 Å². The second-order valence-electron chi connectivity index (χ2n) is 5.51. The predicted octanol–water partition coefficient (Wildman–Crippen LogP) is 4.57. The van der Waals surface area contributed by atoms with E-state index in [1.165, 1.54) is 44.1 Å². The molecule has 0 unspecified atom stereocenters. The van der Waals surface area contributed by atoms with Crippen molar-refractivity contribution in [3.8, 4) is 0 Å². The largest absolute Gasteiger partial charge is 0.344 e. The van der Waals surface area contributed by atoms with Crippen molar-refractivity contribution in [2.45, 2.75) is 27.7 Å². The number of aryl methyl sites for hydroxylation is 5. The molecule has 0 bridgehead atoms. The first kappa shape index (κ1) is 11.3. The summed E-state index contributed by atoms with van der Waals surface area (Å²) in [4.78, 5) is 0. The summed E-state index contributed by atoms with van der Waals surface area (Å²) in [5.41, 5.74) is 8.11. The summed E-state index contributed by atoms with van der Waals surface area (Å²) in [6.45, 7) is 8.77. The highest BCUT2D eigenvalue weighted by Gasteiger charge is 2.13. The summed E-state index contributed by atoms with van der Waals surface area (Å²) < 4.78 is 2.32. The van der Waals surface area contributed by atoms with E-state index in [0.717, 1.165) is 0 Å². The summed E-state index contributed by atoms with van der Waals surface area (Å²) in [7, 11) is 2.17. The van der Waals surface area contributed by atoms with Crippen molar-refractivity contribution in [1.29, 1.82) is 0 Å². The minimum absolute atomic E-state index is 1.33. The Bertz CT molecular complexity index is 710. The van der Waals surface area contributed by atoms with Crippen LogP contribution in [0, 0.1) is 27.7 Å². The molecule has 0 aliphatic rings. The Balaban J connectivity index is 2.68. The molecule has 0 saturated heterocycles. The molecule has 18 heavy (non-hydrogen) atoms. The van der Waals surface area contributed by atoms with Gasteiger partial charge >= 0.3 is 0 Å². The molecule has 3 aromatic rings. The average Bonchev–Trinajstić information content (AvgIpc) is 2.54. The fourth-order valence-electron chi connectivity index (χ4n) is 3.20. The zero-order valence-corrected chi connectivity index (χ0v) is 11.8. The molecule has 1 heteroatoms. The van der Waals surface area contributed by atoms with Crippen LogP contribution in [0.3, 0.4) is 0 Å². The van der Waals surface area contributed by atoms with Crippen molar-refractivity contribution in [2.24, 2.45) is 7.05 Å². The van der Waals surface area contributed by atoms with Gasteiger partial charge in [-0.1, -0.05) is 12.1 Å². The van der Waals surface area contributed by atoms with E-state index in [1.807, 2.05) is 0 Å². The van der Waals surface area contributed by atoms with Crippen LogP contribution in [-0.2, 0) is 7.05 Å². The maximum atomic E-state index is 2.32. The molecule has 92 valence electrons. The van der Waals surface area contributed by atoms with Gasteiger partial charge in [0.15, 0.2) is 0 Å². The van der Waals surface area contributed by atoms with Crippen molar-refractivity contribution in [3.63, 3.8) is 0 Å². The van der Waals surface area contributed by atoms with Crippen LogP contribution in [0.1, 0.15) is 22.3 Å². The monoisotopic (exact) mass is 237 g/mol. The Kier molecular flexibility index (Phi) is 2.28. The smallest absolute Gasteiger partial charge is 0.0494 e. The fourth-order valence-corrected chi connectivity index (χ4v) is 3.20. The number of hydrogen-bond donors (Lipinski definition) is 0. The van der Waals surface area contributed by atoms with Gasteiger partial charge in [-0.3, -0.25) is 0 Å². The summed E-state index contributed by atoms with van der Waals surface area (Å²) in [6.07, 6.45) is 0. The molecule has 1 heterocycles. The minimum Gasteiger partial charge on any atom is -0.344 e. The number of hydrogen-bond acceptors (Lipinski definition) is 0. The number of rotatable bonds is 0. The molecular weight excluding hydrogens is 218 g/mol. The molecule has 1 aromatic heterocycles. The highest BCUT2D eigenvalue weighted by Crippen LogP contribution is 2.34. The third-order valence-corrected chi connectivity index (χ3v) is 3.89. The minimum atomic E-state index is 1.33. The zero-order valence-electron chi connectivity index (χ0n) is 11.8. The van der Waals surface area contributed by atoms with Gasteiger partial charge in [-0.25, -0.2) is 0 Å². The lowest BCUT2D eigenvalue weighted by Crippen LogP contribution is -1.88. The van der Waals surface area contributed by atoms with Gasteiger partial charge in [-0.2, -0.15) is 0 Å². The Morgan fingerprint density at radius 1 is 0.667 bits per heavy atom. The maximum Gasteiger partial charge on any atom is 0.0494 e. The highest BCUT2D eigenvalue weighted by atomic mass is 14.9. The molecule has 0 fully saturated rings. The highest BCUT2D eigenvalue weighted by molar-refractivity contribution is 6.11. The van der Waals surface area contributed by atoms with Crippen LogP contribution in [-0.4, -0.2) is 4.57 Å². The molecule has 0 aliphatic carbocycles. The van der Waals surface area contributed by atoms with E-state index >= 15 is 0 Å². The van der Waals surface area contributed by atoms with Gasteiger partial charge in [0.25, 0.3) is 0 Å². The van der Waals surface area contributed by atoms with Crippen LogP contribution in [0.4, 0.5) is 0 Å². The van der Waals surface area contributed by atoms with E-state index < -0.39 is 0 Å². The fraction of sp³-hybridized carbons (Fsp3) is 0.294. The molecule has 0 N–H and O–H groups in total. The summed E-state index contributed by atoms with van der Waals surface area (Å²) in [5, 5.41) is 2.83. The van der Waals surface area contributed by atoms with Crippen LogP contribution >= 0.6 is 0 Å². The van der Waals surface area contributed by atoms with Gasteiger partial charge in [0.2, 0.25) is 0 Å². The zero-order chi connectivity index (χ0) is 13.0. The number of nitrogens with zero attached hydrogens (tertiary/aromatic N) is 1. The molecule has 0 radical (unpaired) electrons. The average molecular weight is 237 g/mol. The second kappa shape index (κ2) is 3.61. The van der Waals surface area contributed by atoms with Crippen LogP contribution in [0.15, 0.2) is 24.3 Å². The quantitative estimate of drug-likeness (QED) is 0.540. The van der Waals surface area contributed by atoms with E-state index in [-0.39, 0.29) is 0 Å². The number of benzene rings is 2. The summed E-state index contributed by atoms with van der Waals surface area (Å²) in [5.74, 6) is 0. The normalized spacial score (nSPS) is 11.6. The number of fused-ring (bicyclic) bond motifs is 3. The molecule has 1 nitrogen and oxygen atoms in total. The van der Waals surface area contributed by atoms with Crippen LogP contribution < -0.4 is 0 Å². The van der Waals surface area contributed by atoms with Gasteiger partial charge in [-0.15, -0.1) is 0 Å². The summed E-state index contributed by atoms with van der Waals surface area (Å²) >= 11 is 0. The Hall–Kier alpha value is -1.76. The second-order valence-corrected chi connectivity index (χ2v) is 5.51. The Morgan fingerprint density at radius 2 is 1.06 bits per heavy atom. The first-order chi connectivity index (χ1) is 8.49. The van der Waals surface area contributed by atoms with Crippen molar-refractivity contribution in [1.82, 2.24) is 4.57 Å². The summed E-state index contributed by atoms with van der Waals surface area (Å²) in [6, 6.07) is 9.14. The third kappa shape index (κ3) is 1.40.